The molecular formula is C12H9IZn. The Kier molecular flexibility index (Phi) is 7.03. The summed E-state index contributed by atoms with van der Waals surface area (Å²) >= 11 is 0. The molecule has 0 saturated carbocycles. The molecule has 0 saturated heterocycles. The Hall–Kier alpha value is -0.207. The van der Waals surface area contributed by atoms with Crippen LogP contribution in [-0.4, -0.2) is 0 Å². The minimum Gasteiger partial charge on any atom is -1.00 e. The van der Waals surface area contributed by atoms with Gasteiger partial charge in [0.2, 0.25) is 0 Å². The van der Waals surface area contributed by atoms with Gasteiger partial charge in [0.1, 0.15) is 0 Å². The minimum atomic E-state index is 0. The Balaban J connectivity index is 0.000000845. The number of benzene rings is 2. The quantitative estimate of drug-likeness (QED) is 0.392. The number of rotatable bonds is 1. The zero-order chi connectivity index (χ0) is 8.23. The van der Waals surface area contributed by atoms with E-state index >= 15 is 0 Å². The van der Waals surface area contributed by atoms with Gasteiger partial charge in [0, 0.05) is 0 Å². The summed E-state index contributed by atoms with van der Waals surface area (Å²) in [6, 6.07) is 21.5. The van der Waals surface area contributed by atoms with Crippen molar-refractivity contribution in [3.8, 4) is 11.1 Å². The molecule has 2 aromatic rings. The van der Waals surface area contributed by atoms with Crippen LogP contribution in [0.25, 0.3) is 11.1 Å². The molecule has 0 amide bonds. The van der Waals surface area contributed by atoms with E-state index in [0.717, 1.165) is 5.56 Å². The van der Waals surface area contributed by atoms with Crippen LogP contribution in [0.15, 0.2) is 54.6 Å². The van der Waals surface area contributed by atoms with Gasteiger partial charge in [-0.05, 0) is 0 Å². The van der Waals surface area contributed by atoms with Crippen LogP contribution >= 0.6 is 0 Å². The van der Waals surface area contributed by atoms with E-state index < -0.39 is 0 Å². The van der Waals surface area contributed by atoms with Gasteiger partial charge in [-0.15, -0.1) is 35.9 Å². The van der Waals surface area contributed by atoms with Gasteiger partial charge in [0.05, 0.1) is 0 Å². The monoisotopic (exact) mass is 344 g/mol. The van der Waals surface area contributed by atoms with E-state index in [0.29, 0.717) is 0 Å². The van der Waals surface area contributed by atoms with Crippen molar-refractivity contribution in [1.82, 2.24) is 0 Å². The molecule has 14 heavy (non-hydrogen) atoms. The molecule has 0 heterocycles. The number of halogens is 1. The van der Waals surface area contributed by atoms with Gasteiger partial charge in [-0.1, -0.05) is 35.9 Å². The van der Waals surface area contributed by atoms with Crippen LogP contribution in [0, 0.1) is 6.07 Å². The van der Waals surface area contributed by atoms with Gasteiger partial charge in [-0.25, -0.2) is 0 Å². The predicted octanol–water partition coefficient (Wildman–Crippen LogP) is 0.155. The van der Waals surface area contributed by atoms with E-state index in [1.807, 2.05) is 36.4 Å². The summed E-state index contributed by atoms with van der Waals surface area (Å²) in [5.41, 5.74) is 2.37. The summed E-state index contributed by atoms with van der Waals surface area (Å²) in [5.74, 6) is 0. The maximum Gasteiger partial charge on any atom is 2.00 e. The molecule has 0 N–H and O–H groups in total. The van der Waals surface area contributed by atoms with Crippen molar-refractivity contribution < 1.29 is 43.5 Å². The zero-order valence-electron chi connectivity index (χ0n) is 7.78. The van der Waals surface area contributed by atoms with Crippen LogP contribution in [0.4, 0.5) is 0 Å². The second kappa shape index (κ2) is 7.13. The molecule has 2 rings (SSSR count). The topological polar surface area (TPSA) is 0 Å². The molecule has 2 aromatic carbocycles. The molecule has 0 aliphatic heterocycles. The fraction of sp³-hybridized carbons (Fsp3) is 0. The van der Waals surface area contributed by atoms with Crippen molar-refractivity contribution in [3.05, 3.63) is 60.7 Å². The van der Waals surface area contributed by atoms with E-state index in [1.54, 1.807) is 0 Å². The van der Waals surface area contributed by atoms with Gasteiger partial charge in [0.25, 0.3) is 0 Å². The largest absolute Gasteiger partial charge is 2.00 e. The van der Waals surface area contributed by atoms with E-state index in [2.05, 4.69) is 24.3 Å². The summed E-state index contributed by atoms with van der Waals surface area (Å²) in [6.07, 6.45) is 0. The van der Waals surface area contributed by atoms with E-state index in [1.165, 1.54) is 5.56 Å². The SMILES string of the molecule is [I-].[Zn+2].[c-]1ccccc1-c1ccccc1. The van der Waals surface area contributed by atoms with E-state index in [-0.39, 0.29) is 43.5 Å². The first-order valence-corrected chi connectivity index (χ1v) is 3.99. The Bertz CT molecular complexity index is 308. The van der Waals surface area contributed by atoms with Gasteiger partial charge in [0.15, 0.2) is 0 Å². The summed E-state index contributed by atoms with van der Waals surface area (Å²) in [6.45, 7) is 0. The van der Waals surface area contributed by atoms with Crippen molar-refractivity contribution in [2.45, 2.75) is 0 Å². The van der Waals surface area contributed by atoms with Crippen LogP contribution in [-0.2, 0) is 19.5 Å². The summed E-state index contributed by atoms with van der Waals surface area (Å²) in [7, 11) is 0. The van der Waals surface area contributed by atoms with Crippen LogP contribution in [0.5, 0.6) is 0 Å². The first kappa shape index (κ1) is 13.8. The summed E-state index contributed by atoms with van der Waals surface area (Å²) in [4.78, 5) is 0. The van der Waals surface area contributed by atoms with Gasteiger partial charge in [-0.2, -0.15) is 0 Å². The van der Waals surface area contributed by atoms with Gasteiger partial charge >= 0.3 is 19.5 Å². The fourth-order valence-electron chi connectivity index (χ4n) is 1.19. The van der Waals surface area contributed by atoms with Crippen molar-refractivity contribution >= 4 is 0 Å². The maximum absolute atomic E-state index is 3.18. The van der Waals surface area contributed by atoms with Crippen molar-refractivity contribution in [1.29, 1.82) is 0 Å². The first-order valence-electron chi connectivity index (χ1n) is 3.99. The first-order chi connectivity index (χ1) is 5.97. The molecule has 0 fully saturated rings. The molecule has 0 atom stereocenters. The standard InChI is InChI=1S/C12H9.HI.Zn/c1-3-7-11(8-4-1)12-9-5-2-6-10-12;;/h1-9H;1H;/q-1;;+2/p-1. The third-order valence-electron chi connectivity index (χ3n) is 1.79. The molecule has 0 bridgehead atoms. The number of hydrogen-bond donors (Lipinski definition) is 0. The van der Waals surface area contributed by atoms with Gasteiger partial charge < -0.3 is 24.0 Å². The van der Waals surface area contributed by atoms with Crippen molar-refractivity contribution in [2.24, 2.45) is 0 Å². The van der Waals surface area contributed by atoms with E-state index in [9.17, 15) is 0 Å². The number of hydrogen-bond acceptors (Lipinski definition) is 0. The normalized spacial score (nSPS) is 8.29. The van der Waals surface area contributed by atoms with Crippen LogP contribution in [0.1, 0.15) is 0 Å². The molecule has 0 aromatic heterocycles. The third kappa shape index (κ3) is 3.51. The second-order valence-corrected chi connectivity index (χ2v) is 2.64. The fourth-order valence-corrected chi connectivity index (χ4v) is 1.19. The molecule has 2 heteroatoms. The minimum absolute atomic E-state index is 0. The molecule has 0 aliphatic rings. The smallest absolute Gasteiger partial charge is 1.00 e. The molecule has 0 aliphatic carbocycles. The van der Waals surface area contributed by atoms with Crippen LogP contribution < -0.4 is 24.0 Å². The Morgan fingerprint density at radius 3 is 2.00 bits per heavy atom. The Labute approximate surface area is 115 Å². The summed E-state index contributed by atoms with van der Waals surface area (Å²) in [5, 5.41) is 0. The molecule has 0 spiro atoms. The van der Waals surface area contributed by atoms with Crippen LogP contribution in [0.2, 0.25) is 0 Å². The zero-order valence-corrected chi connectivity index (χ0v) is 12.9. The average molecular weight is 345 g/mol. The average Bonchev–Trinajstić information content (AvgIpc) is 2.21. The molecule has 66 valence electrons. The molecule has 0 unspecified atom stereocenters. The molecular weight excluding hydrogens is 336 g/mol. The van der Waals surface area contributed by atoms with E-state index in [4.69, 9.17) is 0 Å². The summed E-state index contributed by atoms with van der Waals surface area (Å²) < 4.78 is 0. The Morgan fingerprint density at radius 1 is 0.786 bits per heavy atom. The molecule has 0 radical (unpaired) electrons. The van der Waals surface area contributed by atoms with Crippen molar-refractivity contribution in [2.75, 3.05) is 0 Å². The van der Waals surface area contributed by atoms with Crippen LogP contribution in [0.3, 0.4) is 0 Å². The maximum atomic E-state index is 3.18. The Morgan fingerprint density at radius 2 is 1.43 bits per heavy atom. The second-order valence-electron chi connectivity index (χ2n) is 2.64. The predicted molar refractivity (Wildman–Crippen MR) is 50.7 cm³/mol. The molecule has 0 nitrogen and oxygen atoms in total. The van der Waals surface area contributed by atoms with Crippen molar-refractivity contribution in [3.63, 3.8) is 0 Å². The third-order valence-corrected chi connectivity index (χ3v) is 1.79. The van der Waals surface area contributed by atoms with Gasteiger partial charge in [-0.3, -0.25) is 0 Å².